The van der Waals surface area contributed by atoms with Crippen LogP contribution in [-0.2, 0) is 10.0 Å². The molecule has 90 valence electrons. The van der Waals surface area contributed by atoms with Gasteiger partial charge in [-0.1, -0.05) is 12.1 Å². The van der Waals surface area contributed by atoms with Crippen molar-refractivity contribution in [1.82, 2.24) is 0 Å². The molecule has 0 aromatic heterocycles. The van der Waals surface area contributed by atoms with E-state index in [1.54, 1.807) is 38.1 Å². The van der Waals surface area contributed by atoms with Crippen molar-refractivity contribution in [3.05, 3.63) is 47.0 Å². The summed E-state index contributed by atoms with van der Waals surface area (Å²) in [5.74, 6) is 0. The molecule has 0 saturated heterocycles. The zero-order valence-electron chi connectivity index (χ0n) is 9.71. The Bertz CT molecular complexity index is 615. The molecule has 0 aliphatic carbocycles. The van der Waals surface area contributed by atoms with Gasteiger partial charge in [0, 0.05) is 5.70 Å². The normalized spacial score (nSPS) is 18.6. The van der Waals surface area contributed by atoms with Crippen LogP contribution in [0.1, 0.15) is 13.8 Å². The van der Waals surface area contributed by atoms with Gasteiger partial charge < -0.3 is 5.73 Å². The third kappa shape index (κ3) is 2.06. The van der Waals surface area contributed by atoms with Crippen molar-refractivity contribution in [2.75, 3.05) is 10.0 Å². The summed E-state index contributed by atoms with van der Waals surface area (Å²) in [5.41, 5.74) is 8.11. The van der Waals surface area contributed by atoms with Crippen molar-refractivity contribution in [1.29, 1.82) is 0 Å². The van der Waals surface area contributed by atoms with Gasteiger partial charge in [0.05, 0.1) is 16.8 Å². The lowest BCUT2D eigenvalue weighted by Crippen LogP contribution is -2.30. The summed E-state index contributed by atoms with van der Waals surface area (Å²) >= 11 is 0. The maximum Gasteiger partial charge on any atom is 0.261 e. The molecule has 4 nitrogen and oxygen atoms in total. The van der Waals surface area contributed by atoms with Crippen LogP contribution in [0.15, 0.2) is 47.0 Å². The Morgan fingerprint density at radius 1 is 1.18 bits per heavy atom. The van der Waals surface area contributed by atoms with E-state index in [9.17, 15) is 8.42 Å². The number of allylic oxidation sites excluding steroid dienone is 3. The topological polar surface area (TPSA) is 63.4 Å². The summed E-state index contributed by atoms with van der Waals surface area (Å²) in [4.78, 5) is 0. The molecule has 0 bridgehead atoms. The molecule has 0 spiro atoms. The van der Waals surface area contributed by atoms with E-state index in [0.29, 0.717) is 22.6 Å². The summed E-state index contributed by atoms with van der Waals surface area (Å²) in [6, 6.07) is 6.91. The molecule has 0 unspecified atom stereocenters. The SMILES string of the molecule is CC1=CS(=O)(=O)N(c2ccccc2N)C(C)=C1. The first-order chi connectivity index (χ1) is 7.92. The number of para-hydroxylation sites is 2. The molecule has 1 heterocycles. The van der Waals surface area contributed by atoms with Gasteiger partial charge in [-0.05, 0) is 37.6 Å². The van der Waals surface area contributed by atoms with Crippen molar-refractivity contribution < 1.29 is 8.42 Å². The lowest BCUT2D eigenvalue weighted by molar-refractivity contribution is 0.602. The second-order valence-corrected chi connectivity index (χ2v) is 5.65. The van der Waals surface area contributed by atoms with E-state index in [2.05, 4.69) is 0 Å². The second kappa shape index (κ2) is 3.92. The van der Waals surface area contributed by atoms with Gasteiger partial charge in [0.25, 0.3) is 10.0 Å². The van der Waals surface area contributed by atoms with Crippen molar-refractivity contribution in [2.45, 2.75) is 13.8 Å². The van der Waals surface area contributed by atoms with Crippen LogP contribution in [-0.4, -0.2) is 8.42 Å². The van der Waals surface area contributed by atoms with E-state index in [-0.39, 0.29) is 0 Å². The highest BCUT2D eigenvalue weighted by molar-refractivity contribution is 7.95. The van der Waals surface area contributed by atoms with E-state index >= 15 is 0 Å². The summed E-state index contributed by atoms with van der Waals surface area (Å²) in [6.07, 6.45) is 1.81. The van der Waals surface area contributed by atoms with Crippen molar-refractivity contribution in [3.63, 3.8) is 0 Å². The molecule has 1 aromatic rings. The molecule has 0 fully saturated rings. The first kappa shape index (κ1) is 11.7. The van der Waals surface area contributed by atoms with E-state index in [1.807, 2.05) is 6.08 Å². The third-order valence-corrected chi connectivity index (χ3v) is 4.17. The molecule has 2 N–H and O–H groups in total. The minimum atomic E-state index is -3.47. The predicted octanol–water partition coefficient (Wildman–Crippen LogP) is 2.23. The van der Waals surface area contributed by atoms with Gasteiger partial charge in [0.1, 0.15) is 0 Å². The molecular weight excluding hydrogens is 236 g/mol. The molecule has 1 aliphatic heterocycles. The lowest BCUT2D eigenvalue weighted by Gasteiger charge is -2.27. The van der Waals surface area contributed by atoms with Gasteiger partial charge in [0.15, 0.2) is 0 Å². The Hall–Kier alpha value is -1.75. The van der Waals surface area contributed by atoms with Crippen LogP contribution < -0.4 is 10.0 Å². The first-order valence-electron chi connectivity index (χ1n) is 5.18. The number of nitrogen functional groups attached to an aromatic ring is 1. The number of anilines is 2. The van der Waals surface area contributed by atoms with Gasteiger partial charge >= 0.3 is 0 Å². The number of hydrogen-bond donors (Lipinski definition) is 1. The second-order valence-electron chi connectivity index (χ2n) is 4.02. The quantitative estimate of drug-likeness (QED) is 0.777. The van der Waals surface area contributed by atoms with Gasteiger partial charge in [-0.3, -0.25) is 0 Å². The molecule has 0 saturated carbocycles. The number of hydrogen-bond acceptors (Lipinski definition) is 3. The summed E-state index contributed by atoms with van der Waals surface area (Å²) < 4.78 is 25.5. The highest BCUT2D eigenvalue weighted by atomic mass is 32.2. The fraction of sp³-hybridized carbons (Fsp3) is 0.167. The Labute approximate surface area is 101 Å². The summed E-state index contributed by atoms with van der Waals surface area (Å²) in [7, 11) is -3.47. The number of nitrogens with two attached hydrogens (primary N) is 1. The highest BCUT2D eigenvalue weighted by Gasteiger charge is 2.26. The number of rotatable bonds is 1. The van der Waals surface area contributed by atoms with E-state index < -0.39 is 10.0 Å². The maximum absolute atomic E-state index is 12.1. The van der Waals surface area contributed by atoms with Gasteiger partial charge in [-0.25, -0.2) is 12.7 Å². The Morgan fingerprint density at radius 3 is 2.41 bits per heavy atom. The standard InChI is InChI=1S/C12H14N2O2S/c1-9-7-10(2)14(17(15,16)8-9)12-6-4-3-5-11(12)13/h3-8H,13H2,1-2H3. The zero-order chi connectivity index (χ0) is 12.6. The van der Waals surface area contributed by atoms with E-state index in [1.165, 1.54) is 9.71 Å². The highest BCUT2D eigenvalue weighted by Crippen LogP contribution is 2.32. The molecule has 17 heavy (non-hydrogen) atoms. The molecule has 5 heteroatoms. The van der Waals surface area contributed by atoms with Crippen molar-refractivity contribution in [2.24, 2.45) is 0 Å². The molecule has 0 radical (unpaired) electrons. The van der Waals surface area contributed by atoms with Crippen molar-refractivity contribution in [3.8, 4) is 0 Å². The lowest BCUT2D eigenvalue weighted by atomic mass is 10.2. The maximum atomic E-state index is 12.1. The van der Waals surface area contributed by atoms with Crippen LogP contribution in [0.25, 0.3) is 0 Å². The average molecular weight is 250 g/mol. The predicted molar refractivity (Wildman–Crippen MR) is 69.8 cm³/mol. The van der Waals surface area contributed by atoms with Crippen LogP contribution in [0.4, 0.5) is 11.4 Å². The average Bonchev–Trinajstić information content (AvgIpc) is 2.18. The summed E-state index contributed by atoms with van der Waals surface area (Å²) in [5, 5.41) is 1.24. The van der Waals surface area contributed by atoms with Gasteiger partial charge in [-0.2, -0.15) is 0 Å². The van der Waals surface area contributed by atoms with Crippen LogP contribution >= 0.6 is 0 Å². The molecule has 0 atom stereocenters. The smallest absolute Gasteiger partial charge is 0.261 e. The zero-order valence-corrected chi connectivity index (χ0v) is 10.5. The first-order valence-corrected chi connectivity index (χ1v) is 6.68. The molecule has 1 aromatic carbocycles. The fourth-order valence-electron chi connectivity index (χ4n) is 1.91. The van der Waals surface area contributed by atoms with E-state index in [0.717, 1.165) is 0 Å². The largest absolute Gasteiger partial charge is 0.397 e. The number of nitrogens with zero attached hydrogens (tertiary/aromatic N) is 1. The third-order valence-electron chi connectivity index (χ3n) is 2.50. The molecule has 1 aliphatic rings. The summed E-state index contributed by atoms with van der Waals surface area (Å²) in [6.45, 7) is 3.51. The minimum absolute atomic E-state index is 0.441. The van der Waals surface area contributed by atoms with Crippen LogP contribution in [0.3, 0.4) is 0 Å². The number of benzene rings is 1. The van der Waals surface area contributed by atoms with Crippen molar-refractivity contribution >= 4 is 21.4 Å². The van der Waals surface area contributed by atoms with E-state index in [4.69, 9.17) is 5.73 Å². The van der Waals surface area contributed by atoms with Crippen LogP contribution in [0, 0.1) is 0 Å². The molecule has 2 rings (SSSR count). The Kier molecular flexibility index (Phi) is 2.71. The fourth-order valence-corrected chi connectivity index (χ4v) is 3.45. The Morgan fingerprint density at radius 2 is 1.82 bits per heavy atom. The van der Waals surface area contributed by atoms with Gasteiger partial charge in [-0.15, -0.1) is 0 Å². The minimum Gasteiger partial charge on any atom is -0.397 e. The Balaban J connectivity index is 2.62. The monoisotopic (exact) mass is 250 g/mol. The molecular formula is C12H14N2O2S. The van der Waals surface area contributed by atoms with Crippen LogP contribution in [0.5, 0.6) is 0 Å². The molecule has 0 amide bonds. The number of sulfonamides is 1. The van der Waals surface area contributed by atoms with Crippen LogP contribution in [0.2, 0.25) is 0 Å². The van der Waals surface area contributed by atoms with Gasteiger partial charge in [0.2, 0.25) is 0 Å².